The fourth-order valence-electron chi connectivity index (χ4n) is 1.56. The minimum absolute atomic E-state index is 0.414. The molecular formula is C8H12BNO4S. The fourth-order valence-corrected chi connectivity index (χ4v) is 2.52. The summed E-state index contributed by atoms with van der Waals surface area (Å²) >= 11 is 1.36. The Morgan fingerprint density at radius 1 is 1.47 bits per heavy atom. The van der Waals surface area contributed by atoms with Crippen LogP contribution >= 0.6 is 11.3 Å². The molecule has 1 fully saturated rings. The van der Waals surface area contributed by atoms with E-state index < -0.39 is 7.32 Å². The Kier molecular flexibility index (Phi) is 3.58. The van der Waals surface area contributed by atoms with E-state index in [0.29, 0.717) is 11.0 Å². The molecule has 2 N–H and O–H groups in total. The molecule has 0 saturated carbocycles. The van der Waals surface area contributed by atoms with E-state index in [1.54, 1.807) is 0 Å². The van der Waals surface area contributed by atoms with Gasteiger partial charge in [0, 0.05) is 19.1 Å². The second kappa shape index (κ2) is 4.93. The zero-order valence-electron chi connectivity index (χ0n) is 8.13. The largest absolute Gasteiger partial charge is 0.708 e. The van der Waals surface area contributed by atoms with E-state index in [2.05, 4.69) is 4.98 Å². The lowest BCUT2D eigenvalue weighted by molar-refractivity contribution is 0.0853. The molecule has 15 heavy (non-hydrogen) atoms. The first-order valence-electron chi connectivity index (χ1n) is 4.82. The van der Waals surface area contributed by atoms with Crippen LogP contribution in [0.3, 0.4) is 0 Å². The number of hydrogen-bond acceptors (Lipinski definition) is 6. The second-order valence-electron chi connectivity index (χ2n) is 3.35. The van der Waals surface area contributed by atoms with Gasteiger partial charge in [-0.3, -0.25) is 0 Å². The molecule has 2 heterocycles. The number of ether oxygens (including phenoxy) is 1. The van der Waals surface area contributed by atoms with E-state index in [-0.39, 0.29) is 0 Å². The highest BCUT2D eigenvalue weighted by molar-refractivity contribution is 7.13. The summed E-state index contributed by atoms with van der Waals surface area (Å²) in [5, 5.41) is 18.7. The minimum Gasteiger partial charge on any atom is -0.503 e. The molecule has 2 rings (SSSR count). The molecule has 1 aliphatic heterocycles. The van der Waals surface area contributed by atoms with Crippen LogP contribution in [0.4, 0.5) is 0 Å². The standard InChI is InChI=1S/C8H12BNO4S/c11-9(12)14-7-5-10-8(15-7)6-1-3-13-4-2-6/h5-6,11-12H,1-4H2. The molecule has 5 nitrogen and oxygen atoms in total. The lowest BCUT2D eigenvalue weighted by Gasteiger charge is -2.19. The van der Waals surface area contributed by atoms with E-state index in [1.807, 2.05) is 0 Å². The topological polar surface area (TPSA) is 71.8 Å². The van der Waals surface area contributed by atoms with Crippen LogP contribution in [0.1, 0.15) is 23.8 Å². The van der Waals surface area contributed by atoms with Gasteiger partial charge in [0.2, 0.25) is 0 Å². The van der Waals surface area contributed by atoms with E-state index in [9.17, 15) is 0 Å². The van der Waals surface area contributed by atoms with Crippen LogP contribution in [0.5, 0.6) is 5.06 Å². The first kappa shape index (κ1) is 10.9. The average molecular weight is 229 g/mol. The molecule has 1 aromatic rings. The molecule has 0 amide bonds. The van der Waals surface area contributed by atoms with Crippen LogP contribution in [0.25, 0.3) is 0 Å². The zero-order valence-corrected chi connectivity index (χ0v) is 8.94. The van der Waals surface area contributed by atoms with Crippen molar-refractivity contribution in [2.45, 2.75) is 18.8 Å². The summed E-state index contributed by atoms with van der Waals surface area (Å²) in [5.41, 5.74) is 0. The van der Waals surface area contributed by atoms with Crippen molar-refractivity contribution >= 4 is 18.7 Å². The van der Waals surface area contributed by atoms with Gasteiger partial charge in [0.25, 0.3) is 0 Å². The molecule has 1 aliphatic rings. The number of thiazole rings is 1. The molecule has 1 saturated heterocycles. The smallest absolute Gasteiger partial charge is 0.503 e. The Morgan fingerprint density at radius 3 is 2.87 bits per heavy atom. The van der Waals surface area contributed by atoms with Gasteiger partial charge >= 0.3 is 7.32 Å². The van der Waals surface area contributed by atoms with Gasteiger partial charge < -0.3 is 19.4 Å². The third kappa shape index (κ3) is 2.91. The summed E-state index contributed by atoms with van der Waals surface area (Å²) in [7, 11) is -1.77. The SMILES string of the molecule is OB(O)Oc1cnc(C2CCOCC2)s1. The Hall–Kier alpha value is -0.625. The summed E-state index contributed by atoms with van der Waals surface area (Å²) in [5.74, 6) is 0.414. The van der Waals surface area contributed by atoms with Crippen molar-refractivity contribution in [2.75, 3.05) is 13.2 Å². The van der Waals surface area contributed by atoms with Crippen molar-refractivity contribution in [2.24, 2.45) is 0 Å². The molecule has 82 valence electrons. The highest BCUT2D eigenvalue weighted by Crippen LogP contribution is 2.33. The van der Waals surface area contributed by atoms with Gasteiger partial charge in [-0.05, 0) is 12.8 Å². The zero-order chi connectivity index (χ0) is 10.7. The van der Waals surface area contributed by atoms with E-state index in [4.69, 9.17) is 19.4 Å². The monoisotopic (exact) mass is 229 g/mol. The molecule has 0 bridgehead atoms. The molecule has 0 spiro atoms. The fraction of sp³-hybridized carbons (Fsp3) is 0.625. The molecular weight excluding hydrogens is 217 g/mol. The van der Waals surface area contributed by atoms with E-state index in [1.165, 1.54) is 17.5 Å². The summed E-state index contributed by atoms with van der Waals surface area (Å²) in [6, 6.07) is 0. The Labute approximate surface area is 91.9 Å². The average Bonchev–Trinajstić information content (AvgIpc) is 2.67. The Morgan fingerprint density at radius 2 is 2.20 bits per heavy atom. The van der Waals surface area contributed by atoms with Crippen molar-refractivity contribution in [3.8, 4) is 5.06 Å². The van der Waals surface area contributed by atoms with Crippen LogP contribution < -0.4 is 4.65 Å². The lowest BCUT2D eigenvalue weighted by atomic mass is 10.0. The highest BCUT2D eigenvalue weighted by Gasteiger charge is 2.20. The predicted molar refractivity (Wildman–Crippen MR) is 55.7 cm³/mol. The van der Waals surface area contributed by atoms with Gasteiger partial charge in [-0.2, -0.15) is 0 Å². The van der Waals surface area contributed by atoms with Crippen molar-refractivity contribution in [3.05, 3.63) is 11.2 Å². The van der Waals surface area contributed by atoms with Gasteiger partial charge in [0.1, 0.15) is 0 Å². The van der Waals surface area contributed by atoms with E-state index in [0.717, 1.165) is 31.1 Å². The quantitative estimate of drug-likeness (QED) is 0.733. The van der Waals surface area contributed by atoms with Gasteiger partial charge in [0.05, 0.1) is 11.2 Å². The van der Waals surface area contributed by atoms with Crippen molar-refractivity contribution in [1.29, 1.82) is 0 Å². The van der Waals surface area contributed by atoms with Gasteiger partial charge in [-0.1, -0.05) is 11.3 Å². The molecule has 0 atom stereocenters. The van der Waals surface area contributed by atoms with E-state index >= 15 is 0 Å². The number of aromatic nitrogens is 1. The maximum absolute atomic E-state index is 8.62. The van der Waals surface area contributed by atoms with Gasteiger partial charge in [-0.15, -0.1) is 0 Å². The Bertz CT molecular complexity index is 313. The third-order valence-corrected chi connectivity index (χ3v) is 3.35. The predicted octanol–water partition coefficient (Wildman–Crippen LogP) is 0.385. The molecule has 7 heteroatoms. The van der Waals surface area contributed by atoms with Crippen LogP contribution in [0.15, 0.2) is 6.20 Å². The maximum Gasteiger partial charge on any atom is 0.708 e. The summed E-state index contributed by atoms with van der Waals surface area (Å²) in [6.07, 6.45) is 3.46. The lowest BCUT2D eigenvalue weighted by Crippen LogP contribution is -2.19. The molecule has 0 radical (unpaired) electrons. The number of rotatable bonds is 3. The maximum atomic E-state index is 8.62. The number of nitrogens with zero attached hydrogens (tertiary/aromatic N) is 1. The highest BCUT2D eigenvalue weighted by atomic mass is 32.1. The minimum atomic E-state index is -1.77. The summed E-state index contributed by atoms with van der Waals surface area (Å²) < 4.78 is 9.98. The molecule has 1 aromatic heterocycles. The van der Waals surface area contributed by atoms with Crippen molar-refractivity contribution in [1.82, 2.24) is 4.98 Å². The van der Waals surface area contributed by atoms with Gasteiger partial charge in [-0.25, -0.2) is 4.98 Å². The number of hydrogen-bond donors (Lipinski definition) is 2. The van der Waals surface area contributed by atoms with Crippen molar-refractivity contribution in [3.63, 3.8) is 0 Å². The summed E-state index contributed by atoms with van der Waals surface area (Å²) in [4.78, 5) is 4.21. The normalized spacial score (nSPS) is 17.7. The first-order valence-corrected chi connectivity index (χ1v) is 5.63. The molecule has 0 unspecified atom stereocenters. The Balaban J connectivity index is 1.99. The molecule has 0 aromatic carbocycles. The summed E-state index contributed by atoms with van der Waals surface area (Å²) in [6.45, 7) is 1.53. The third-order valence-electron chi connectivity index (χ3n) is 2.29. The van der Waals surface area contributed by atoms with Crippen LogP contribution in [0, 0.1) is 0 Å². The van der Waals surface area contributed by atoms with Gasteiger partial charge in [0.15, 0.2) is 5.06 Å². The molecule has 0 aliphatic carbocycles. The van der Waals surface area contributed by atoms with Crippen LogP contribution in [0.2, 0.25) is 0 Å². The van der Waals surface area contributed by atoms with Crippen LogP contribution in [-0.2, 0) is 4.74 Å². The second-order valence-corrected chi connectivity index (χ2v) is 4.37. The van der Waals surface area contributed by atoms with Crippen molar-refractivity contribution < 1.29 is 19.4 Å². The van der Waals surface area contributed by atoms with Crippen LogP contribution in [-0.4, -0.2) is 35.6 Å². The first-order chi connectivity index (χ1) is 7.25.